The van der Waals surface area contributed by atoms with E-state index in [1.165, 1.54) is 4.88 Å². The lowest BCUT2D eigenvalue weighted by Gasteiger charge is -2.36. The molecule has 7 nitrogen and oxygen atoms in total. The largest absolute Gasteiger partial charge is 0.379 e. The number of fused-ring (bicyclic) bond motifs is 1. The van der Waals surface area contributed by atoms with Gasteiger partial charge in [0.05, 0.1) is 40.4 Å². The number of carbonyl (C=O) groups excluding carboxylic acids is 1. The van der Waals surface area contributed by atoms with Crippen LogP contribution in [0.15, 0.2) is 22.7 Å². The maximum atomic E-state index is 13.6. The van der Waals surface area contributed by atoms with Crippen LogP contribution in [0.5, 0.6) is 0 Å². The molecule has 0 aliphatic carbocycles. The summed E-state index contributed by atoms with van der Waals surface area (Å²) < 4.78 is 10.9. The summed E-state index contributed by atoms with van der Waals surface area (Å²) in [6, 6.07) is 6.03. The zero-order valence-corrected chi connectivity index (χ0v) is 18.9. The number of hydrogen-bond donors (Lipinski definition) is 0. The Labute approximate surface area is 186 Å². The molecule has 3 aromatic heterocycles. The first-order valence-electron chi connectivity index (χ1n) is 11.0. The van der Waals surface area contributed by atoms with Crippen molar-refractivity contribution in [1.82, 2.24) is 19.9 Å². The standard InChI is InChI=1S/C23H28N4O3S/c1-15-3-4-20(31-15)19-13-18(21-16(2)25-30-22(21)24-19)23(28)27-7-5-17(6-8-27)14-26-9-11-29-12-10-26/h3-4,13,17H,5-12,14H2,1-2H3. The topological polar surface area (TPSA) is 71.7 Å². The van der Waals surface area contributed by atoms with Crippen molar-refractivity contribution in [1.29, 1.82) is 0 Å². The highest BCUT2D eigenvalue weighted by Crippen LogP contribution is 2.32. The van der Waals surface area contributed by atoms with Gasteiger partial charge >= 0.3 is 0 Å². The molecule has 0 atom stereocenters. The molecule has 5 rings (SSSR count). The van der Waals surface area contributed by atoms with Crippen LogP contribution < -0.4 is 0 Å². The van der Waals surface area contributed by atoms with Crippen molar-refractivity contribution in [3.63, 3.8) is 0 Å². The average molecular weight is 441 g/mol. The molecule has 0 radical (unpaired) electrons. The van der Waals surface area contributed by atoms with Gasteiger partial charge in [0, 0.05) is 37.6 Å². The second-order valence-corrected chi connectivity index (χ2v) is 9.85. The van der Waals surface area contributed by atoms with E-state index in [4.69, 9.17) is 9.26 Å². The van der Waals surface area contributed by atoms with Crippen molar-refractivity contribution in [3.05, 3.63) is 34.3 Å². The van der Waals surface area contributed by atoms with E-state index in [0.717, 1.165) is 74.7 Å². The number of ether oxygens (including phenoxy) is 1. The van der Waals surface area contributed by atoms with E-state index < -0.39 is 0 Å². The molecule has 5 heterocycles. The molecule has 164 valence electrons. The van der Waals surface area contributed by atoms with E-state index in [-0.39, 0.29) is 5.91 Å². The number of thiophene rings is 1. The molecular weight excluding hydrogens is 412 g/mol. The molecule has 0 aromatic carbocycles. The Morgan fingerprint density at radius 3 is 2.65 bits per heavy atom. The smallest absolute Gasteiger partial charge is 0.259 e. The zero-order chi connectivity index (χ0) is 21.4. The van der Waals surface area contributed by atoms with E-state index in [1.807, 2.05) is 24.0 Å². The van der Waals surface area contributed by atoms with E-state index >= 15 is 0 Å². The third-order valence-electron chi connectivity index (χ3n) is 6.36. The van der Waals surface area contributed by atoms with E-state index in [2.05, 4.69) is 28.0 Å². The van der Waals surface area contributed by atoms with Crippen molar-refractivity contribution in [2.24, 2.45) is 5.92 Å². The van der Waals surface area contributed by atoms with Crippen LogP contribution in [0.2, 0.25) is 0 Å². The minimum absolute atomic E-state index is 0.0538. The minimum atomic E-state index is 0.0538. The van der Waals surface area contributed by atoms with Gasteiger partial charge in [0.2, 0.25) is 0 Å². The van der Waals surface area contributed by atoms with Gasteiger partial charge in [-0.1, -0.05) is 5.16 Å². The molecule has 0 saturated carbocycles. The van der Waals surface area contributed by atoms with Crippen LogP contribution in [-0.2, 0) is 4.74 Å². The number of nitrogens with zero attached hydrogens (tertiary/aromatic N) is 4. The van der Waals surface area contributed by atoms with Crippen LogP contribution in [0.1, 0.15) is 33.8 Å². The maximum absolute atomic E-state index is 13.6. The monoisotopic (exact) mass is 440 g/mol. The average Bonchev–Trinajstić information content (AvgIpc) is 3.40. The molecule has 31 heavy (non-hydrogen) atoms. The second-order valence-electron chi connectivity index (χ2n) is 8.56. The summed E-state index contributed by atoms with van der Waals surface area (Å²) in [6.45, 7) is 10.3. The highest BCUT2D eigenvalue weighted by atomic mass is 32.1. The van der Waals surface area contributed by atoms with Crippen LogP contribution in [0, 0.1) is 19.8 Å². The third kappa shape index (κ3) is 4.24. The van der Waals surface area contributed by atoms with E-state index in [9.17, 15) is 4.79 Å². The van der Waals surface area contributed by atoms with E-state index in [0.29, 0.717) is 22.9 Å². The van der Waals surface area contributed by atoms with Crippen molar-refractivity contribution >= 4 is 28.3 Å². The first kappa shape index (κ1) is 20.6. The van der Waals surface area contributed by atoms with Crippen LogP contribution in [0.4, 0.5) is 0 Å². The fourth-order valence-corrected chi connectivity index (χ4v) is 5.43. The lowest BCUT2D eigenvalue weighted by Crippen LogP contribution is -2.44. The summed E-state index contributed by atoms with van der Waals surface area (Å²) in [7, 11) is 0. The Balaban J connectivity index is 1.35. The molecular formula is C23H28N4O3S. The zero-order valence-electron chi connectivity index (χ0n) is 18.1. The van der Waals surface area contributed by atoms with Crippen LogP contribution in [0.25, 0.3) is 21.7 Å². The predicted molar refractivity (Wildman–Crippen MR) is 120 cm³/mol. The number of hydrogen-bond acceptors (Lipinski definition) is 7. The minimum Gasteiger partial charge on any atom is -0.379 e. The van der Waals surface area contributed by atoms with Gasteiger partial charge in [-0.05, 0) is 50.8 Å². The molecule has 0 N–H and O–H groups in total. The van der Waals surface area contributed by atoms with Gasteiger partial charge in [-0.2, -0.15) is 0 Å². The number of carbonyl (C=O) groups is 1. The molecule has 0 unspecified atom stereocenters. The van der Waals surface area contributed by atoms with E-state index in [1.54, 1.807) is 11.3 Å². The van der Waals surface area contributed by atoms with Gasteiger partial charge in [-0.25, -0.2) is 4.98 Å². The summed E-state index contributed by atoms with van der Waals surface area (Å²) >= 11 is 1.67. The number of aryl methyl sites for hydroxylation is 2. The highest BCUT2D eigenvalue weighted by Gasteiger charge is 2.28. The molecule has 8 heteroatoms. The first-order chi connectivity index (χ1) is 15.1. The van der Waals surface area contributed by atoms with Crippen molar-refractivity contribution < 1.29 is 14.1 Å². The van der Waals surface area contributed by atoms with Crippen LogP contribution in [-0.4, -0.2) is 71.8 Å². The molecule has 2 saturated heterocycles. The number of morpholine rings is 1. The molecule has 2 aliphatic heterocycles. The van der Waals surface area contributed by atoms with Gasteiger partial charge in [0.15, 0.2) is 0 Å². The Morgan fingerprint density at radius 1 is 1.16 bits per heavy atom. The summed E-state index contributed by atoms with van der Waals surface area (Å²) in [5, 5.41) is 4.81. The number of amides is 1. The van der Waals surface area contributed by atoms with Gasteiger partial charge in [-0.15, -0.1) is 11.3 Å². The van der Waals surface area contributed by atoms with Crippen molar-refractivity contribution in [3.8, 4) is 10.6 Å². The Bertz CT molecular complexity index is 1080. The number of aromatic nitrogens is 2. The Hall–Kier alpha value is -2.29. The third-order valence-corrected chi connectivity index (χ3v) is 7.39. The molecule has 0 bridgehead atoms. The SMILES string of the molecule is Cc1ccc(-c2cc(C(=O)N3CCC(CN4CCOCC4)CC3)c3c(C)noc3n2)s1. The van der Waals surface area contributed by atoms with Gasteiger partial charge in [0.1, 0.15) is 0 Å². The molecule has 3 aromatic rings. The number of pyridine rings is 1. The van der Waals surface area contributed by atoms with Gasteiger partial charge in [0.25, 0.3) is 11.6 Å². The summed E-state index contributed by atoms with van der Waals surface area (Å²) in [6.07, 6.45) is 2.08. The van der Waals surface area contributed by atoms with Crippen molar-refractivity contribution in [2.75, 3.05) is 45.9 Å². The molecule has 1 amide bonds. The Morgan fingerprint density at radius 2 is 1.94 bits per heavy atom. The number of likely N-dealkylation sites (tertiary alicyclic amines) is 1. The first-order valence-corrected chi connectivity index (χ1v) is 11.8. The quantitative estimate of drug-likeness (QED) is 0.615. The predicted octanol–water partition coefficient (Wildman–Crippen LogP) is 3.75. The second kappa shape index (κ2) is 8.68. The maximum Gasteiger partial charge on any atom is 0.259 e. The van der Waals surface area contributed by atoms with Crippen LogP contribution in [0.3, 0.4) is 0 Å². The lowest BCUT2D eigenvalue weighted by atomic mass is 9.95. The number of rotatable bonds is 4. The van der Waals surface area contributed by atoms with Crippen molar-refractivity contribution in [2.45, 2.75) is 26.7 Å². The molecule has 2 fully saturated rings. The summed E-state index contributed by atoms with van der Waals surface area (Å²) in [5.74, 6) is 0.694. The highest BCUT2D eigenvalue weighted by molar-refractivity contribution is 7.15. The Kier molecular flexibility index (Phi) is 5.77. The molecule has 0 spiro atoms. The summed E-state index contributed by atoms with van der Waals surface area (Å²) in [4.78, 5) is 24.9. The fraction of sp³-hybridized carbons (Fsp3) is 0.522. The fourth-order valence-electron chi connectivity index (χ4n) is 4.60. The van der Waals surface area contributed by atoms with Crippen LogP contribution >= 0.6 is 11.3 Å². The normalized spacial score (nSPS) is 18.7. The summed E-state index contributed by atoms with van der Waals surface area (Å²) in [5.41, 5.74) is 2.57. The van der Waals surface area contributed by atoms with Gasteiger partial charge < -0.3 is 14.2 Å². The lowest BCUT2D eigenvalue weighted by molar-refractivity contribution is 0.0243. The number of piperidine rings is 1. The molecule has 2 aliphatic rings. The van der Waals surface area contributed by atoms with Gasteiger partial charge in [-0.3, -0.25) is 9.69 Å².